The summed E-state index contributed by atoms with van der Waals surface area (Å²) in [4.78, 5) is 2.51. The highest BCUT2D eigenvalue weighted by molar-refractivity contribution is 5.62. The van der Waals surface area contributed by atoms with Gasteiger partial charge in [0, 0.05) is 30.3 Å². The molecule has 1 fully saturated rings. The normalized spacial score (nSPS) is 22.3. The Morgan fingerprint density at radius 1 is 1.37 bits per heavy atom. The zero-order chi connectivity index (χ0) is 14.2. The topological polar surface area (TPSA) is 23.5 Å². The molecule has 0 radical (unpaired) electrons. The first kappa shape index (κ1) is 14.4. The van der Waals surface area contributed by atoms with Crippen LogP contribution in [0.4, 0.5) is 5.69 Å². The third-order valence-electron chi connectivity index (χ3n) is 4.78. The molecule has 19 heavy (non-hydrogen) atoms. The second-order valence-electron chi connectivity index (χ2n) is 6.64. The van der Waals surface area contributed by atoms with Crippen LogP contribution in [0.15, 0.2) is 18.2 Å². The van der Waals surface area contributed by atoms with Crippen molar-refractivity contribution in [1.29, 1.82) is 0 Å². The van der Waals surface area contributed by atoms with Crippen LogP contribution < -0.4 is 4.90 Å². The zero-order valence-corrected chi connectivity index (χ0v) is 12.9. The van der Waals surface area contributed by atoms with E-state index in [-0.39, 0.29) is 12.1 Å². The van der Waals surface area contributed by atoms with Gasteiger partial charge in [0.15, 0.2) is 0 Å². The molecule has 0 amide bonds. The molecule has 1 saturated heterocycles. The molecule has 0 bridgehead atoms. The monoisotopic (exact) mass is 261 g/mol. The Bertz CT molecular complexity index is 451. The van der Waals surface area contributed by atoms with Crippen LogP contribution in [0.5, 0.6) is 0 Å². The number of benzene rings is 1. The first-order chi connectivity index (χ1) is 8.89. The maximum absolute atomic E-state index is 9.59. The molecule has 2 heteroatoms. The van der Waals surface area contributed by atoms with Gasteiger partial charge in [-0.25, -0.2) is 0 Å². The van der Waals surface area contributed by atoms with E-state index >= 15 is 0 Å². The van der Waals surface area contributed by atoms with Crippen LogP contribution in [0, 0.1) is 12.8 Å². The van der Waals surface area contributed by atoms with E-state index in [2.05, 4.69) is 57.7 Å². The molecule has 1 heterocycles. The second kappa shape index (κ2) is 5.16. The van der Waals surface area contributed by atoms with Crippen LogP contribution >= 0.6 is 0 Å². The van der Waals surface area contributed by atoms with Crippen molar-refractivity contribution in [2.24, 2.45) is 5.92 Å². The van der Waals surface area contributed by atoms with E-state index in [4.69, 9.17) is 0 Å². The van der Waals surface area contributed by atoms with Crippen LogP contribution in [0.1, 0.15) is 51.2 Å². The predicted octanol–water partition coefficient (Wildman–Crippen LogP) is 3.72. The van der Waals surface area contributed by atoms with Crippen molar-refractivity contribution in [2.45, 2.75) is 52.5 Å². The van der Waals surface area contributed by atoms with Crippen molar-refractivity contribution in [3.8, 4) is 0 Å². The molecule has 1 N–H and O–H groups in total. The van der Waals surface area contributed by atoms with Crippen molar-refractivity contribution < 1.29 is 5.11 Å². The number of hydrogen-bond acceptors (Lipinski definition) is 2. The fraction of sp³-hybridized carbons (Fsp3) is 0.647. The van der Waals surface area contributed by atoms with E-state index in [9.17, 15) is 5.11 Å². The number of aliphatic hydroxyl groups excluding tert-OH is 1. The van der Waals surface area contributed by atoms with Gasteiger partial charge in [0.2, 0.25) is 0 Å². The molecule has 1 aliphatic heterocycles. The molecule has 1 atom stereocenters. The van der Waals surface area contributed by atoms with Crippen molar-refractivity contribution >= 4 is 5.69 Å². The minimum absolute atomic E-state index is 0.0322. The Morgan fingerprint density at radius 2 is 2.05 bits per heavy atom. The lowest BCUT2D eigenvalue weighted by molar-refractivity contribution is 0.189. The molecule has 0 aromatic heterocycles. The van der Waals surface area contributed by atoms with Crippen molar-refractivity contribution in [1.82, 2.24) is 0 Å². The predicted molar refractivity (Wildman–Crippen MR) is 81.9 cm³/mol. The standard InChI is InChI=1S/C17H27NO/c1-12(2)15-8-6-7-13(3)16(15)18-10-9-14(11-19)17(18,4)5/h6-8,12,14,19H,9-11H2,1-5H3. The minimum Gasteiger partial charge on any atom is -0.396 e. The quantitative estimate of drug-likeness (QED) is 0.896. The van der Waals surface area contributed by atoms with Crippen LogP contribution in [0.2, 0.25) is 0 Å². The molecule has 2 nitrogen and oxygen atoms in total. The third kappa shape index (κ3) is 2.38. The SMILES string of the molecule is Cc1cccc(C(C)C)c1N1CCC(CO)C1(C)C. The first-order valence-electron chi connectivity index (χ1n) is 7.37. The Labute approximate surface area is 117 Å². The molecule has 2 rings (SSSR count). The van der Waals surface area contributed by atoms with E-state index in [1.54, 1.807) is 0 Å². The molecule has 106 valence electrons. The number of aryl methyl sites for hydroxylation is 1. The second-order valence-corrected chi connectivity index (χ2v) is 6.64. The van der Waals surface area contributed by atoms with Crippen LogP contribution in [-0.2, 0) is 0 Å². The lowest BCUT2D eigenvalue weighted by Gasteiger charge is -2.39. The van der Waals surface area contributed by atoms with Gasteiger partial charge in [-0.2, -0.15) is 0 Å². The molecule has 1 aromatic rings. The maximum atomic E-state index is 9.59. The van der Waals surface area contributed by atoms with E-state index < -0.39 is 0 Å². The summed E-state index contributed by atoms with van der Waals surface area (Å²) in [6.07, 6.45) is 1.08. The van der Waals surface area contributed by atoms with Crippen LogP contribution in [0.3, 0.4) is 0 Å². The average Bonchev–Trinajstić information content (AvgIpc) is 2.63. The number of nitrogens with zero attached hydrogens (tertiary/aromatic N) is 1. The Balaban J connectivity index is 2.48. The fourth-order valence-electron chi connectivity index (χ4n) is 3.38. The lowest BCUT2D eigenvalue weighted by atomic mass is 9.87. The molecule has 1 aliphatic rings. The highest BCUT2D eigenvalue weighted by atomic mass is 16.3. The van der Waals surface area contributed by atoms with Crippen LogP contribution in [-0.4, -0.2) is 23.8 Å². The lowest BCUT2D eigenvalue weighted by Crippen LogP contribution is -2.44. The van der Waals surface area contributed by atoms with Gasteiger partial charge in [0.1, 0.15) is 0 Å². The largest absolute Gasteiger partial charge is 0.396 e. The summed E-state index contributed by atoms with van der Waals surface area (Å²) in [5.74, 6) is 0.894. The van der Waals surface area contributed by atoms with Gasteiger partial charge in [-0.15, -0.1) is 0 Å². The van der Waals surface area contributed by atoms with Gasteiger partial charge in [-0.3, -0.25) is 0 Å². The molecular weight excluding hydrogens is 234 g/mol. The minimum atomic E-state index is 0.0322. The van der Waals surface area contributed by atoms with E-state index in [1.165, 1.54) is 16.8 Å². The smallest absolute Gasteiger partial charge is 0.0482 e. The summed E-state index contributed by atoms with van der Waals surface area (Å²) >= 11 is 0. The number of para-hydroxylation sites is 1. The maximum Gasteiger partial charge on any atom is 0.0482 e. The summed E-state index contributed by atoms with van der Waals surface area (Å²) in [6.45, 7) is 12.6. The first-order valence-corrected chi connectivity index (χ1v) is 7.37. The van der Waals surface area contributed by atoms with Crippen LogP contribution in [0.25, 0.3) is 0 Å². The summed E-state index contributed by atoms with van der Waals surface area (Å²) in [7, 11) is 0. The summed E-state index contributed by atoms with van der Waals surface area (Å²) in [5.41, 5.74) is 4.19. The van der Waals surface area contributed by atoms with E-state index in [1.807, 2.05) is 0 Å². The Kier molecular flexibility index (Phi) is 3.91. The van der Waals surface area contributed by atoms with Gasteiger partial charge in [-0.1, -0.05) is 32.0 Å². The molecule has 0 aliphatic carbocycles. The third-order valence-corrected chi connectivity index (χ3v) is 4.78. The number of rotatable bonds is 3. The Morgan fingerprint density at radius 3 is 2.58 bits per heavy atom. The van der Waals surface area contributed by atoms with Gasteiger partial charge in [0.25, 0.3) is 0 Å². The number of hydrogen-bond donors (Lipinski definition) is 1. The van der Waals surface area contributed by atoms with E-state index in [0.29, 0.717) is 11.8 Å². The van der Waals surface area contributed by atoms with Gasteiger partial charge >= 0.3 is 0 Å². The number of aliphatic hydroxyl groups is 1. The molecule has 0 saturated carbocycles. The Hall–Kier alpha value is -1.02. The zero-order valence-electron chi connectivity index (χ0n) is 12.9. The summed E-state index contributed by atoms with van der Waals surface area (Å²) < 4.78 is 0. The molecular formula is C17H27NO. The molecule has 1 unspecified atom stereocenters. The summed E-state index contributed by atoms with van der Waals surface area (Å²) in [5, 5.41) is 9.59. The molecule has 0 spiro atoms. The van der Waals surface area contributed by atoms with Crippen molar-refractivity contribution in [2.75, 3.05) is 18.1 Å². The van der Waals surface area contributed by atoms with Gasteiger partial charge < -0.3 is 10.0 Å². The molecule has 1 aromatic carbocycles. The van der Waals surface area contributed by atoms with Crippen molar-refractivity contribution in [3.05, 3.63) is 29.3 Å². The van der Waals surface area contributed by atoms with E-state index in [0.717, 1.165) is 13.0 Å². The number of anilines is 1. The highest BCUT2D eigenvalue weighted by Crippen LogP contribution is 2.42. The van der Waals surface area contributed by atoms with Gasteiger partial charge in [0.05, 0.1) is 0 Å². The highest BCUT2D eigenvalue weighted by Gasteiger charge is 2.41. The summed E-state index contributed by atoms with van der Waals surface area (Å²) in [6, 6.07) is 6.60. The van der Waals surface area contributed by atoms with Crippen molar-refractivity contribution in [3.63, 3.8) is 0 Å². The fourth-order valence-corrected chi connectivity index (χ4v) is 3.38. The van der Waals surface area contributed by atoms with Gasteiger partial charge in [-0.05, 0) is 44.2 Å². The average molecular weight is 261 g/mol.